The minimum absolute atomic E-state index is 0.223. The average Bonchev–Trinajstić information content (AvgIpc) is 2.81. The monoisotopic (exact) mass is 429 g/mol. The fourth-order valence-corrected chi connectivity index (χ4v) is 3.06. The molecule has 0 saturated heterocycles. The molecule has 31 heavy (non-hydrogen) atoms. The third-order valence-electron chi connectivity index (χ3n) is 4.93. The van der Waals surface area contributed by atoms with Gasteiger partial charge in [-0.3, -0.25) is 9.59 Å². The Labute approximate surface area is 183 Å². The zero-order valence-corrected chi connectivity index (χ0v) is 18.8. The molecule has 0 aliphatic heterocycles. The van der Waals surface area contributed by atoms with E-state index in [0.717, 1.165) is 19.6 Å². The van der Waals surface area contributed by atoms with E-state index in [1.54, 1.807) is 36.4 Å². The van der Waals surface area contributed by atoms with Crippen molar-refractivity contribution in [3.63, 3.8) is 0 Å². The predicted molar refractivity (Wildman–Crippen MR) is 121 cm³/mol. The standard InChI is InChI=1S/C23H31N3O5/c1-6-26(7-2)11-10-24-23(28)20-9-8-17(14-21(20)31-5)25-22(27)16-12-18(29-3)15-19(13-16)30-4/h8-9,12-15H,6-7,10-11H2,1-5H3,(H,24,28)(H,25,27). The number of hydrogen-bond acceptors (Lipinski definition) is 6. The SMILES string of the molecule is CCN(CC)CCNC(=O)c1ccc(NC(=O)c2cc(OC)cc(OC)c2)cc1OC. The zero-order valence-electron chi connectivity index (χ0n) is 18.8. The highest BCUT2D eigenvalue weighted by Gasteiger charge is 2.15. The fraction of sp³-hybridized carbons (Fsp3) is 0.391. The number of nitrogens with one attached hydrogen (secondary N) is 2. The lowest BCUT2D eigenvalue weighted by Crippen LogP contribution is -2.34. The number of rotatable bonds is 11. The molecule has 2 aromatic rings. The third kappa shape index (κ3) is 6.62. The molecule has 168 valence electrons. The van der Waals surface area contributed by atoms with Gasteiger partial charge in [0.1, 0.15) is 17.2 Å². The average molecular weight is 430 g/mol. The van der Waals surface area contributed by atoms with Crippen LogP contribution in [0.2, 0.25) is 0 Å². The van der Waals surface area contributed by atoms with E-state index in [4.69, 9.17) is 14.2 Å². The molecule has 0 saturated carbocycles. The summed E-state index contributed by atoms with van der Waals surface area (Å²) in [7, 11) is 4.53. The van der Waals surface area contributed by atoms with Crippen LogP contribution in [0, 0.1) is 0 Å². The Morgan fingerprint density at radius 2 is 1.52 bits per heavy atom. The number of methoxy groups -OCH3 is 3. The molecule has 0 spiro atoms. The first-order chi connectivity index (χ1) is 14.9. The smallest absolute Gasteiger partial charge is 0.255 e. The van der Waals surface area contributed by atoms with Gasteiger partial charge in [0.05, 0.1) is 26.9 Å². The number of likely N-dealkylation sites (N-methyl/N-ethyl adjacent to an activating group) is 1. The molecule has 2 N–H and O–H groups in total. The van der Waals surface area contributed by atoms with Crippen LogP contribution in [0.1, 0.15) is 34.6 Å². The van der Waals surface area contributed by atoms with Gasteiger partial charge in [0, 0.05) is 36.5 Å². The zero-order chi connectivity index (χ0) is 22.8. The van der Waals surface area contributed by atoms with Crippen LogP contribution in [-0.4, -0.2) is 64.2 Å². The molecule has 2 amide bonds. The van der Waals surface area contributed by atoms with Crippen molar-refractivity contribution in [1.29, 1.82) is 0 Å². The van der Waals surface area contributed by atoms with Crippen LogP contribution in [-0.2, 0) is 0 Å². The molecule has 0 fully saturated rings. The first-order valence-electron chi connectivity index (χ1n) is 10.2. The Morgan fingerprint density at radius 1 is 0.871 bits per heavy atom. The van der Waals surface area contributed by atoms with Gasteiger partial charge in [-0.1, -0.05) is 13.8 Å². The normalized spacial score (nSPS) is 10.5. The number of amides is 2. The highest BCUT2D eigenvalue weighted by atomic mass is 16.5. The van der Waals surface area contributed by atoms with Gasteiger partial charge in [-0.15, -0.1) is 0 Å². The maximum atomic E-state index is 12.7. The van der Waals surface area contributed by atoms with Crippen molar-refractivity contribution in [1.82, 2.24) is 10.2 Å². The van der Waals surface area contributed by atoms with Gasteiger partial charge in [-0.2, -0.15) is 0 Å². The number of benzene rings is 2. The van der Waals surface area contributed by atoms with Gasteiger partial charge in [0.15, 0.2) is 0 Å². The van der Waals surface area contributed by atoms with E-state index in [9.17, 15) is 9.59 Å². The fourth-order valence-electron chi connectivity index (χ4n) is 3.06. The lowest BCUT2D eigenvalue weighted by molar-refractivity contribution is 0.0945. The molecule has 8 heteroatoms. The number of anilines is 1. The topological polar surface area (TPSA) is 89.1 Å². The van der Waals surface area contributed by atoms with Crippen molar-refractivity contribution in [2.24, 2.45) is 0 Å². The second-order valence-electron chi connectivity index (χ2n) is 6.75. The first kappa shape index (κ1) is 24.0. The van der Waals surface area contributed by atoms with Crippen molar-refractivity contribution in [2.75, 3.05) is 52.8 Å². The molecular weight excluding hydrogens is 398 g/mol. The lowest BCUT2D eigenvalue weighted by Gasteiger charge is -2.18. The Bertz CT molecular complexity index is 875. The van der Waals surface area contributed by atoms with Gasteiger partial charge in [0.2, 0.25) is 0 Å². The molecule has 0 bridgehead atoms. The van der Waals surface area contributed by atoms with Crippen molar-refractivity contribution in [2.45, 2.75) is 13.8 Å². The van der Waals surface area contributed by atoms with Crippen LogP contribution in [0.25, 0.3) is 0 Å². The van der Waals surface area contributed by atoms with Crippen molar-refractivity contribution < 1.29 is 23.8 Å². The van der Waals surface area contributed by atoms with Crippen LogP contribution in [0.4, 0.5) is 5.69 Å². The summed E-state index contributed by atoms with van der Waals surface area (Å²) in [5.74, 6) is 0.842. The van der Waals surface area contributed by atoms with Gasteiger partial charge >= 0.3 is 0 Å². The van der Waals surface area contributed by atoms with E-state index in [-0.39, 0.29) is 11.8 Å². The lowest BCUT2D eigenvalue weighted by atomic mass is 10.1. The van der Waals surface area contributed by atoms with E-state index in [0.29, 0.717) is 40.6 Å². The Hall–Kier alpha value is -3.26. The van der Waals surface area contributed by atoms with Gasteiger partial charge in [0.25, 0.3) is 11.8 Å². The molecule has 0 aliphatic carbocycles. The number of hydrogen-bond donors (Lipinski definition) is 2. The van der Waals surface area contributed by atoms with Crippen LogP contribution < -0.4 is 24.8 Å². The van der Waals surface area contributed by atoms with Gasteiger partial charge < -0.3 is 29.7 Å². The molecule has 8 nitrogen and oxygen atoms in total. The summed E-state index contributed by atoms with van der Waals surface area (Å²) >= 11 is 0. The second-order valence-corrected chi connectivity index (χ2v) is 6.75. The number of carbonyl (C=O) groups is 2. The minimum atomic E-state index is -0.337. The molecule has 0 unspecified atom stereocenters. The van der Waals surface area contributed by atoms with E-state index in [1.165, 1.54) is 21.3 Å². The molecule has 0 aliphatic rings. The van der Waals surface area contributed by atoms with Gasteiger partial charge in [-0.25, -0.2) is 0 Å². The quantitative estimate of drug-likeness (QED) is 0.571. The Balaban J connectivity index is 2.10. The van der Waals surface area contributed by atoms with E-state index >= 15 is 0 Å². The largest absolute Gasteiger partial charge is 0.497 e. The minimum Gasteiger partial charge on any atom is -0.497 e. The van der Waals surface area contributed by atoms with Crippen LogP contribution in [0.5, 0.6) is 17.2 Å². The van der Waals surface area contributed by atoms with Crippen LogP contribution >= 0.6 is 0 Å². The summed E-state index contributed by atoms with van der Waals surface area (Å²) in [6.07, 6.45) is 0. The summed E-state index contributed by atoms with van der Waals surface area (Å²) in [5, 5.41) is 5.72. The van der Waals surface area contributed by atoms with Crippen molar-refractivity contribution in [3.05, 3.63) is 47.5 Å². The summed E-state index contributed by atoms with van der Waals surface area (Å²) in [6, 6.07) is 9.84. The Kier molecular flexibility index (Phi) is 9.14. The van der Waals surface area contributed by atoms with E-state index in [1.807, 2.05) is 0 Å². The number of nitrogens with zero attached hydrogens (tertiary/aromatic N) is 1. The van der Waals surface area contributed by atoms with Crippen molar-refractivity contribution in [3.8, 4) is 17.2 Å². The number of ether oxygens (including phenoxy) is 3. The molecule has 0 heterocycles. The first-order valence-corrected chi connectivity index (χ1v) is 10.2. The second kappa shape index (κ2) is 11.8. The maximum absolute atomic E-state index is 12.7. The molecule has 2 aromatic carbocycles. The summed E-state index contributed by atoms with van der Waals surface area (Å²) in [5.41, 5.74) is 1.29. The predicted octanol–water partition coefficient (Wildman–Crippen LogP) is 3.04. The van der Waals surface area contributed by atoms with E-state index in [2.05, 4.69) is 29.4 Å². The highest BCUT2D eigenvalue weighted by Crippen LogP contribution is 2.26. The highest BCUT2D eigenvalue weighted by molar-refractivity contribution is 6.05. The van der Waals surface area contributed by atoms with Crippen LogP contribution in [0.3, 0.4) is 0 Å². The molecule has 0 atom stereocenters. The molecule has 2 rings (SSSR count). The molecule has 0 radical (unpaired) electrons. The summed E-state index contributed by atoms with van der Waals surface area (Å²) < 4.78 is 15.8. The summed E-state index contributed by atoms with van der Waals surface area (Å²) in [4.78, 5) is 27.5. The van der Waals surface area contributed by atoms with Crippen molar-refractivity contribution >= 4 is 17.5 Å². The van der Waals surface area contributed by atoms with E-state index < -0.39 is 0 Å². The Morgan fingerprint density at radius 3 is 2.06 bits per heavy atom. The number of carbonyl (C=O) groups excluding carboxylic acids is 2. The summed E-state index contributed by atoms with van der Waals surface area (Å²) in [6.45, 7) is 7.36. The van der Waals surface area contributed by atoms with Crippen LogP contribution in [0.15, 0.2) is 36.4 Å². The third-order valence-corrected chi connectivity index (χ3v) is 4.93. The molecular formula is C23H31N3O5. The van der Waals surface area contributed by atoms with Gasteiger partial charge in [-0.05, 0) is 37.4 Å². The molecule has 0 aromatic heterocycles. The maximum Gasteiger partial charge on any atom is 0.255 e.